The molecule has 0 aliphatic heterocycles. The van der Waals surface area contributed by atoms with E-state index in [0.717, 1.165) is 5.56 Å². The van der Waals surface area contributed by atoms with Crippen molar-refractivity contribution >= 4 is 0 Å². The van der Waals surface area contributed by atoms with Gasteiger partial charge in [-0.25, -0.2) is 4.39 Å². The second-order valence-corrected chi connectivity index (χ2v) is 2.53. The summed E-state index contributed by atoms with van der Waals surface area (Å²) < 4.78 is 17.5. The molecule has 0 bridgehead atoms. The first kappa shape index (κ1) is 9.00. The number of ether oxygens (including phenoxy) is 1. The molecule has 0 unspecified atom stereocenters. The molecule has 0 saturated heterocycles. The molecule has 0 heterocycles. The lowest BCUT2D eigenvalue weighted by molar-refractivity contribution is 0.202. The highest BCUT2D eigenvalue weighted by molar-refractivity contribution is 5.27. The Bertz CT molecular complexity index is 261. The van der Waals surface area contributed by atoms with Gasteiger partial charge >= 0.3 is 0 Å². The summed E-state index contributed by atoms with van der Waals surface area (Å²) in [6.45, 7) is 0.560. The zero-order valence-corrected chi connectivity index (χ0v) is 6.88. The van der Waals surface area contributed by atoms with Crippen LogP contribution in [0.2, 0.25) is 0 Å². The van der Waals surface area contributed by atoms with Gasteiger partial charge in [0.2, 0.25) is 0 Å². The number of rotatable bonds is 3. The van der Waals surface area contributed by atoms with Crippen LogP contribution in [0.3, 0.4) is 0 Å². The smallest absolute Gasteiger partial charge is 0.165 e. The molecule has 0 atom stereocenters. The molecular weight excluding hydrogens is 159 g/mol. The van der Waals surface area contributed by atoms with Crippen LogP contribution in [-0.4, -0.2) is 18.8 Å². The van der Waals surface area contributed by atoms with E-state index in [4.69, 9.17) is 9.84 Å². The van der Waals surface area contributed by atoms with E-state index < -0.39 is 5.82 Å². The first-order valence-electron chi connectivity index (χ1n) is 3.70. The van der Waals surface area contributed by atoms with Crippen LogP contribution in [0.4, 0.5) is 4.39 Å². The monoisotopic (exact) mass is 170 g/mol. The second kappa shape index (κ2) is 4.07. The number of phenolic OH excluding ortho intramolecular Hbond substituents is 1. The molecule has 0 spiro atoms. The normalized spacial score (nSPS) is 10.2. The topological polar surface area (TPSA) is 29.5 Å². The number of hydrogen-bond acceptors (Lipinski definition) is 2. The fourth-order valence-electron chi connectivity index (χ4n) is 0.926. The van der Waals surface area contributed by atoms with Crippen LogP contribution in [0, 0.1) is 5.82 Å². The summed E-state index contributed by atoms with van der Waals surface area (Å²) in [4.78, 5) is 0. The molecule has 0 saturated carbocycles. The average Bonchev–Trinajstić information content (AvgIpc) is 2.07. The highest BCUT2D eigenvalue weighted by atomic mass is 19.1. The van der Waals surface area contributed by atoms with Crippen LogP contribution in [0.15, 0.2) is 18.2 Å². The van der Waals surface area contributed by atoms with Crippen molar-refractivity contribution < 1.29 is 14.2 Å². The Morgan fingerprint density at radius 3 is 2.83 bits per heavy atom. The van der Waals surface area contributed by atoms with Gasteiger partial charge in [0.1, 0.15) is 0 Å². The summed E-state index contributed by atoms with van der Waals surface area (Å²) in [5.74, 6) is -0.889. The van der Waals surface area contributed by atoms with Gasteiger partial charge in [-0.3, -0.25) is 0 Å². The van der Waals surface area contributed by atoms with Gasteiger partial charge in [-0.2, -0.15) is 0 Å². The van der Waals surface area contributed by atoms with Crippen LogP contribution < -0.4 is 0 Å². The minimum Gasteiger partial charge on any atom is -0.505 e. The van der Waals surface area contributed by atoms with Gasteiger partial charge in [0.25, 0.3) is 0 Å². The summed E-state index contributed by atoms with van der Waals surface area (Å²) in [7, 11) is 1.59. The number of phenols is 1. The molecule has 1 aromatic carbocycles. The van der Waals surface area contributed by atoms with Crippen LogP contribution >= 0.6 is 0 Å². The maximum Gasteiger partial charge on any atom is 0.165 e. The third-order valence-corrected chi connectivity index (χ3v) is 1.61. The molecule has 3 heteroatoms. The minimum absolute atomic E-state index is 0.309. The van der Waals surface area contributed by atoms with Crippen molar-refractivity contribution in [1.82, 2.24) is 0 Å². The van der Waals surface area contributed by atoms with Crippen LogP contribution in [0.25, 0.3) is 0 Å². The van der Waals surface area contributed by atoms with E-state index in [0.29, 0.717) is 13.0 Å². The maximum atomic E-state index is 12.7. The molecule has 0 radical (unpaired) electrons. The molecule has 0 fully saturated rings. The Hall–Kier alpha value is -1.09. The highest BCUT2D eigenvalue weighted by Gasteiger charge is 2.00. The fourth-order valence-corrected chi connectivity index (χ4v) is 0.926. The van der Waals surface area contributed by atoms with Crippen LogP contribution in [0.5, 0.6) is 5.75 Å². The first-order chi connectivity index (χ1) is 5.74. The Labute approximate surface area is 70.6 Å². The fraction of sp³-hybridized carbons (Fsp3) is 0.333. The van der Waals surface area contributed by atoms with Crippen molar-refractivity contribution in [1.29, 1.82) is 0 Å². The molecule has 66 valence electrons. The van der Waals surface area contributed by atoms with Crippen LogP contribution in [0.1, 0.15) is 5.56 Å². The molecule has 0 amide bonds. The van der Waals surface area contributed by atoms with Gasteiger partial charge in [-0.1, -0.05) is 6.07 Å². The van der Waals surface area contributed by atoms with E-state index in [1.165, 1.54) is 12.1 Å². The third kappa shape index (κ3) is 2.20. The zero-order chi connectivity index (χ0) is 8.97. The lowest BCUT2D eigenvalue weighted by Gasteiger charge is -2.01. The van der Waals surface area contributed by atoms with Gasteiger partial charge in [0.05, 0.1) is 6.61 Å². The van der Waals surface area contributed by atoms with Crippen molar-refractivity contribution in [2.24, 2.45) is 0 Å². The lowest BCUT2D eigenvalue weighted by atomic mass is 10.1. The summed E-state index contributed by atoms with van der Waals surface area (Å²) in [5.41, 5.74) is 0.826. The quantitative estimate of drug-likeness (QED) is 0.748. The highest BCUT2D eigenvalue weighted by Crippen LogP contribution is 2.16. The van der Waals surface area contributed by atoms with Gasteiger partial charge in [0.15, 0.2) is 11.6 Å². The molecule has 1 rings (SSSR count). The largest absolute Gasteiger partial charge is 0.505 e. The maximum absolute atomic E-state index is 12.7. The SMILES string of the molecule is COCCc1ccc(O)c(F)c1. The Morgan fingerprint density at radius 2 is 2.25 bits per heavy atom. The first-order valence-corrected chi connectivity index (χ1v) is 3.70. The minimum atomic E-state index is -0.580. The number of benzene rings is 1. The van der Waals surface area contributed by atoms with E-state index >= 15 is 0 Å². The van der Waals surface area contributed by atoms with Gasteiger partial charge in [0, 0.05) is 7.11 Å². The van der Waals surface area contributed by atoms with Crippen molar-refractivity contribution in [2.45, 2.75) is 6.42 Å². The predicted octanol–water partition coefficient (Wildman–Crippen LogP) is 1.72. The molecular formula is C9H11FO2. The standard InChI is InChI=1S/C9H11FO2/c1-12-5-4-7-2-3-9(11)8(10)6-7/h2-3,6,11H,4-5H2,1H3. The summed E-state index contributed by atoms with van der Waals surface area (Å²) >= 11 is 0. The van der Waals surface area contributed by atoms with Gasteiger partial charge < -0.3 is 9.84 Å². The molecule has 1 aromatic rings. The number of aromatic hydroxyl groups is 1. The molecule has 1 N–H and O–H groups in total. The van der Waals surface area contributed by atoms with Gasteiger partial charge in [-0.15, -0.1) is 0 Å². The van der Waals surface area contributed by atoms with Gasteiger partial charge in [-0.05, 0) is 24.1 Å². The Kier molecular flexibility index (Phi) is 3.05. The van der Waals surface area contributed by atoms with Crippen molar-refractivity contribution in [3.8, 4) is 5.75 Å². The summed E-state index contributed by atoms with van der Waals surface area (Å²) in [5, 5.41) is 8.86. The number of halogens is 1. The molecule has 0 aliphatic rings. The second-order valence-electron chi connectivity index (χ2n) is 2.53. The lowest BCUT2D eigenvalue weighted by Crippen LogP contribution is -1.94. The summed E-state index contributed by atoms with van der Waals surface area (Å²) in [6.07, 6.45) is 0.660. The van der Waals surface area contributed by atoms with Crippen LogP contribution in [-0.2, 0) is 11.2 Å². The van der Waals surface area contributed by atoms with Crippen molar-refractivity contribution in [3.05, 3.63) is 29.6 Å². The predicted molar refractivity (Wildman–Crippen MR) is 43.6 cm³/mol. The molecule has 0 aliphatic carbocycles. The van der Waals surface area contributed by atoms with E-state index in [1.807, 2.05) is 0 Å². The number of methoxy groups -OCH3 is 1. The molecule has 2 nitrogen and oxygen atoms in total. The molecule has 0 aromatic heterocycles. The average molecular weight is 170 g/mol. The van der Waals surface area contributed by atoms with E-state index in [1.54, 1.807) is 13.2 Å². The Balaban J connectivity index is 2.69. The Morgan fingerprint density at radius 1 is 1.50 bits per heavy atom. The zero-order valence-electron chi connectivity index (χ0n) is 6.88. The molecule has 12 heavy (non-hydrogen) atoms. The third-order valence-electron chi connectivity index (χ3n) is 1.61. The van der Waals surface area contributed by atoms with E-state index in [2.05, 4.69) is 0 Å². The summed E-state index contributed by atoms with van der Waals surface area (Å²) in [6, 6.07) is 4.34. The van der Waals surface area contributed by atoms with E-state index in [9.17, 15) is 4.39 Å². The number of hydrogen-bond donors (Lipinski definition) is 1. The van der Waals surface area contributed by atoms with E-state index in [-0.39, 0.29) is 5.75 Å². The van der Waals surface area contributed by atoms with Crippen molar-refractivity contribution in [3.63, 3.8) is 0 Å². The van der Waals surface area contributed by atoms with Crippen molar-refractivity contribution in [2.75, 3.05) is 13.7 Å².